The molecule has 0 fully saturated rings. The Kier molecular flexibility index (Phi) is 6.21. The van der Waals surface area contributed by atoms with E-state index in [2.05, 4.69) is 19.2 Å². The van der Waals surface area contributed by atoms with Crippen LogP contribution < -0.4 is 5.32 Å². The maximum Gasteiger partial charge on any atom is 0.329 e. The van der Waals surface area contributed by atoms with E-state index in [-0.39, 0.29) is 11.8 Å². The first-order valence-corrected chi connectivity index (χ1v) is 6.27. The number of hydrogen-bond acceptors (Lipinski definition) is 2. The summed E-state index contributed by atoms with van der Waals surface area (Å²) in [5, 5.41) is 11.8. The highest BCUT2D eigenvalue weighted by Crippen LogP contribution is 2.17. The fraction of sp³-hybridized carbons (Fsp3) is 0.846. The number of carbonyl (C=O) groups is 2. The fourth-order valence-electron chi connectivity index (χ4n) is 1.61. The van der Waals surface area contributed by atoms with E-state index in [1.54, 1.807) is 6.92 Å². The van der Waals surface area contributed by atoms with Crippen LogP contribution in [0, 0.1) is 11.8 Å². The van der Waals surface area contributed by atoms with Crippen molar-refractivity contribution in [2.75, 3.05) is 0 Å². The zero-order valence-electron chi connectivity index (χ0n) is 11.5. The molecule has 4 nitrogen and oxygen atoms in total. The van der Waals surface area contributed by atoms with Gasteiger partial charge in [0.1, 0.15) is 5.54 Å². The normalized spacial score (nSPS) is 16.4. The quantitative estimate of drug-likeness (QED) is 0.721. The summed E-state index contributed by atoms with van der Waals surface area (Å²) in [6.07, 6.45) is 1.55. The van der Waals surface area contributed by atoms with Crippen molar-refractivity contribution >= 4 is 11.9 Å². The molecular formula is C13H25NO3. The van der Waals surface area contributed by atoms with Crippen LogP contribution >= 0.6 is 0 Å². The van der Waals surface area contributed by atoms with Crippen LogP contribution in [0.1, 0.15) is 53.9 Å². The second-order valence-electron chi connectivity index (χ2n) is 5.36. The monoisotopic (exact) mass is 243 g/mol. The molecule has 2 atom stereocenters. The summed E-state index contributed by atoms with van der Waals surface area (Å²) in [7, 11) is 0. The first-order valence-electron chi connectivity index (χ1n) is 6.27. The predicted molar refractivity (Wildman–Crippen MR) is 67.7 cm³/mol. The van der Waals surface area contributed by atoms with Crippen LogP contribution in [0.2, 0.25) is 0 Å². The van der Waals surface area contributed by atoms with Gasteiger partial charge < -0.3 is 10.4 Å². The Morgan fingerprint density at radius 3 is 2.18 bits per heavy atom. The Bertz CT molecular complexity index is 276. The first kappa shape index (κ1) is 15.9. The van der Waals surface area contributed by atoms with Crippen LogP contribution in [0.3, 0.4) is 0 Å². The van der Waals surface area contributed by atoms with Gasteiger partial charge in [-0.15, -0.1) is 0 Å². The fourth-order valence-corrected chi connectivity index (χ4v) is 1.61. The summed E-state index contributed by atoms with van der Waals surface area (Å²) in [5.74, 6) is -0.466. The summed E-state index contributed by atoms with van der Waals surface area (Å²) in [6, 6.07) is 0. The molecule has 0 heterocycles. The van der Waals surface area contributed by atoms with E-state index in [9.17, 15) is 9.59 Å². The summed E-state index contributed by atoms with van der Waals surface area (Å²) < 4.78 is 0. The molecule has 0 aromatic carbocycles. The smallest absolute Gasteiger partial charge is 0.329 e. The second kappa shape index (κ2) is 6.62. The second-order valence-corrected chi connectivity index (χ2v) is 5.36. The molecule has 0 aliphatic rings. The van der Waals surface area contributed by atoms with Crippen molar-refractivity contribution in [1.29, 1.82) is 0 Å². The molecule has 0 aromatic rings. The number of carboxylic acids is 1. The van der Waals surface area contributed by atoms with Gasteiger partial charge in [0, 0.05) is 6.42 Å². The van der Waals surface area contributed by atoms with Gasteiger partial charge in [-0.3, -0.25) is 4.79 Å². The molecule has 0 saturated heterocycles. The molecule has 1 amide bonds. The summed E-state index contributed by atoms with van der Waals surface area (Å²) >= 11 is 0. The zero-order valence-corrected chi connectivity index (χ0v) is 11.5. The largest absolute Gasteiger partial charge is 0.480 e. The zero-order chi connectivity index (χ0) is 13.6. The minimum atomic E-state index is -1.14. The van der Waals surface area contributed by atoms with Gasteiger partial charge in [-0.1, -0.05) is 34.1 Å². The van der Waals surface area contributed by atoms with E-state index in [4.69, 9.17) is 5.11 Å². The predicted octanol–water partition coefficient (Wildman–Crippen LogP) is 2.43. The van der Waals surface area contributed by atoms with Gasteiger partial charge in [-0.2, -0.15) is 0 Å². The number of hydrogen-bond donors (Lipinski definition) is 2. The summed E-state index contributed by atoms with van der Waals surface area (Å²) in [5.41, 5.74) is -1.14. The third kappa shape index (κ3) is 5.20. The highest BCUT2D eigenvalue weighted by molar-refractivity contribution is 5.86. The number of carbonyl (C=O) groups excluding carboxylic acids is 1. The first-order chi connectivity index (χ1) is 7.73. The van der Waals surface area contributed by atoms with Gasteiger partial charge >= 0.3 is 5.97 Å². The number of nitrogens with one attached hydrogen (secondary N) is 1. The molecule has 2 unspecified atom stereocenters. The van der Waals surface area contributed by atoms with Gasteiger partial charge in [-0.25, -0.2) is 4.79 Å². The molecule has 0 aliphatic heterocycles. The molecule has 0 rings (SSSR count). The lowest BCUT2D eigenvalue weighted by atomic mass is 9.92. The van der Waals surface area contributed by atoms with Crippen LogP contribution in [0.4, 0.5) is 0 Å². The molecule has 2 N–H and O–H groups in total. The van der Waals surface area contributed by atoms with Crippen molar-refractivity contribution in [3.8, 4) is 0 Å². The maximum atomic E-state index is 11.8. The van der Waals surface area contributed by atoms with Gasteiger partial charge in [0.2, 0.25) is 5.91 Å². The average molecular weight is 243 g/mol. The van der Waals surface area contributed by atoms with Gasteiger partial charge in [0.25, 0.3) is 0 Å². The van der Waals surface area contributed by atoms with E-state index < -0.39 is 11.5 Å². The third-order valence-electron chi connectivity index (χ3n) is 3.28. The van der Waals surface area contributed by atoms with Crippen LogP contribution in [0.5, 0.6) is 0 Å². The van der Waals surface area contributed by atoms with Crippen molar-refractivity contribution in [2.24, 2.45) is 11.8 Å². The van der Waals surface area contributed by atoms with E-state index in [1.165, 1.54) is 0 Å². The lowest BCUT2D eigenvalue weighted by Gasteiger charge is -2.27. The highest BCUT2D eigenvalue weighted by Gasteiger charge is 2.33. The Balaban J connectivity index is 4.47. The minimum Gasteiger partial charge on any atom is -0.480 e. The molecule has 0 saturated carbocycles. The molecule has 0 spiro atoms. The SMILES string of the molecule is CCCC(C)(NC(=O)CC(C)C(C)C)C(=O)O. The third-order valence-corrected chi connectivity index (χ3v) is 3.28. The topological polar surface area (TPSA) is 66.4 Å². The summed E-state index contributed by atoms with van der Waals surface area (Å²) in [4.78, 5) is 22.9. The van der Waals surface area contributed by atoms with Gasteiger partial charge in [-0.05, 0) is 25.2 Å². The van der Waals surface area contributed by atoms with Crippen molar-refractivity contribution in [1.82, 2.24) is 5.32 Å². The molecule has 17 heavy (non-hydrogen) atoms. The Morgan fingerprint density at radius 1 is 1.29 bits per heavy atom. The average Bonchev–Trinajstić information content (AvgIpc) is 2.16. The molecule has 0 aromatic heterocycles. The van der Waals surface area contributed by atoms with E-state index in [0.29, 0.717) is 18.8 Å². The van der Waals surface area contributed by atoms with Crippen molar-refractivity contribution in [2.45, 2.75) is 59.4 Å². The number of amides is 1. The molecule has 4 heteroatoms. The van der Waals surface area contributed by atoms with Crippen LogP contribution in [-0.4, -0.2) is 22.5 Å². The Hall–Kier alpha value is -1.06. The number of aliphatic carboxylic acids is 1. The highest BCUT2D eigenvalue weighted by atomic mass is 16.4. The minimum absolute atomic E-state index is 0.176. The molecular weight excluding hydrogens is 218 g/mol. The van der Waals surface area contributed by atoms with Crippen molar-refractivity contribution in [3.05, 3.63) is 0 Å². The van der Waals surface area contributed by atoms with Crippen LogP contribution in [-0.2, 0) is 9.59 Å². The number of rotatable bonds is 7. The maximum absolute atomic E-state index is 11.8. The standard InChI is InChI=1S/C13H25NO3/c1-6-7-13(5,12(16)17)14-11(15)8-10(4)9(2)3/h9-10H,6-8H2,1-5H3,(H,14,15)(H,16,17). The molecule has 0 radical (unpaired) electrons. The van der Waals surface area contributed by atoms with E-state index in [1.807, 2.05) is 13.8 Å². The van der Waals surface area contributed by atoms with E-state index in [0.717, 1.165) is 6.42 Å². The van der Waals surface area contributed by atoms with Gasteiger partial charge in [0.05, 0.1) is 0 Å². The van der Waals surface area contributed by atoms with E-state index >= 15 is 0 Å². The molecule has 100 valence electrons. The molecule has 0 bridgehead atoms. The van der Waals surface area contributed by atoms with Crippen molar-refractivity contribution < 1.29 is 14.7 Å². The lowest BCUT2D eigenvalue weighted by molar-refractivity contribution is -0.147. The van der Waals surface area contributed by atoms with Crippen LogP contribution in [0.15, 0.2) is 0 Å². The molecule has 0 aliphatic carbocycles. The Labute approximate surface area is 104 Å². The van der Waals surface area contributed by atoms with Gasteiger partial charge in [0.15, 0.2) is 0 Å². The Morgan fingerprint density at radius 2 is 1.82 bits per heavy atom. The van der Waals surface area contributed by atoms with Crippen LogP contribution in [0.25, 0.3) is 0 Å². The number of carboxylic acid groups (broad SMARTS) is 1. The van der Waals surface area contributed by atoms with Crippen molar-refractivity contribution in [3.63, 3.8) is 0 Å². The summed E-state index contributed by atoms with van der Waals surface area (Å²) in [6.45, 7) is 9.59. The lowest BCUT2D eigenvalue weighted by Crippen LogP contribution is -2.52.